The number of hydrogen-bond donors (Lipinski definition) is 0. The smallest absolute Gasteiger partial charge is 0.237 e. The third-order valence-corrected chi connectivity index (χ3v) is 7.09. The molecule has 174 valence electrons. The molecule has 0 saturated carbocycles. The average Bonchev–Trinajstić information content (AvgIpc) is 2.83. The van der Waals surface area contributed by atoms with E-state index in [-0.39, 0.29) is 30.7 Å². The summed E-state index contributed by atoms with van der Waals surface area (Å²) in [6.07, 6.45) is 4.14. The number of Topliss-reactive ketones (excluding diaryl/α,β-unsaturated/α-hetero) is 1. The van der Waals surface area contributed by atoms with Crippen LogP contribution in [0.1, 0.15) is 37.3 Å². The number of amides is 2. The second-order valence-electron chi connectivity index (χ2n) is 9.19. The van der Waals surface area contributed by atoms with E-state index in [0.29, 0.717) is 43.8 Å². The van der Waals surface area contributed by atoms with E-state index in [1.54, 1.807) is 30.3 Å². The van der Waals surface area contributed by atoms with Crippen molar-refractivity contribution in [2.75, 3.05) is 31.6 Å². The highest BCUT2D eigenvalue weighted by Gasteiger charge is 2.56. The standard InChI is InChI=1S/C26H31N3O4/c1-18-5-7-20(8-6-18)9-11-22-23(31)16-29(24-12-10-21(33-3)15-27-24)25(32)26(22)13-4-14-28(17-26)19(2)30/h5-8,10,12,15,22H,4,9,11,13-14,16-17H2,1-3H3/t22?,26-/m1/s1. The maximum atomic E-state index is 14.0. The van der Waals surface area contributed by atoms with Gasteiger partial charge in [0.2, 0.25) is 11.8 Å². The van der Waals surface area contributed by atoms with Crippen molar-refractivity contribution in [3.8, 4) is 5.75 Å². The number of rotatable bonds is 5. The quantitative estimate of drug-likeness (QED) is 0.700. The average molecular weight is 450 g/mol. The van der Waals surface area contributed by atoms with Crippen LogP contribution < -0.4 is 9.64 Å². The monoisotopic (exact) mass is 449 g/mol. The zero-order chi connectivity index (χ0) is 23.6. The number of aryl methyl sites for hydroxylation is 2. The van der Waals surface area contributed by atoms with Gasteiger partial charge >= 0.3 is 0 Å². The number of ketones is 1. The first kappa shape index (κ1) is 23.0. The molecule has 2 amide bonds. The molecule has 33 heavy (non-hydrogen) atoms. The SMILES string of the molecule is COc1ccc(N2CC(=O)C(CCc3ccc(C)cc3)[C@]3(CCCN(C(C)=O)C3)C2=O)nc1. The van der Waals surface area contributed by atoms with Gasteiger partial charge in [0.15, 0.2) is 5.78 Å². The number of likely N-dealkylation sites (tertiary alicyclic amines) is 1. The van der Waals surface area contributed by atoms with Crippen molar-refractivity contribution >= 4 is 23.4 Å². The third-order valence-electron chi connectivity index (χ3n) is 7.09. The first-order chi connectivity index (χ1) is 15.8. The molecule has 7 heteroatoms. The molecule has 1 unspecified atom stereocenters. The molecule has 0 N–H and O–H groups in total. The highest BCUT2D eigenvalue weighted by molar-refractivity contribution is 6.09. The van der Waals surface area contributed by atoms with Crippen molar-refractivity contribution in [2.24, 2.45) is 11.3 Å². The molecule has 1 aromatic heterocycles. The molecule has 2 saturated heterocycles. The van der Waals surface area contributed by atoms with E-state index in [9.17, 15) is 14.4 Å². The van der Waals surface area contributed by atoms with Gasteiger partial charge in [-0.1, -0.05) is 29.8 Å². The first-order valence-electron chi connectivity index (χ1n) is 11.5. The number of carbonyl (C=O) groups is 3. The van der Waals surface area contributed by atoms with Gasteiger partial charge in [0, 0.05) is 25.9 Å². The number of benzene rings is 1. The molecule has 3 heterocycles. The molecule has 2 aliphatic rings. The number of pyridine rings is 1. The van der Waals surface area contributed by atoms with E-state index in [4.69, 9.17) is 4.74 Å². The fourth-order valence-electron chi connectivity index (χ4n) is 5.22. The number of aromatic nitrogens is 1. The van der Waals surface area contributed by atoms with Crippen LogP contribution >= 0.6 is 0 Å². The lowest BCUT2D eigenvalue weighted by Crippen LogP contribution is -2.64. The summed E-state index contributed by atoms with van der Waals surface area (Å²) >= 11 is 0. The van der Waals surface area contributed by atoms with Crippen LogP contribution in [-0.2, 0) is 20.8 Å². The van der Waals surface area contributed by atoms with Crippen LogP contribution in [0.4, 0.5) is 5.82 Å². The molecule has 1 aromatic carbocycles. The molecule has 0 aliphatic carbocycles. The van der Waals surface area contributed by atoms with Crippen LogP contribution in [0.25, 0.3) is 0 Å². The Balaban J connectivity index is 1.66. The van der Waals surface area contributed by atoms with E-state index in [0.717, 1.165) is 5.56 Å². The predicted molar refractivity (Wildman–Crippen MR) is 125 cm³/mol. The summed E-state index contributed by atoms with van der Waals surface area (Å²) in [7, 11) is 1.55. The fourth-order valence-corrected chi connectivity index (χ4v) is 5.22. The summed E-state index contributed by atoms with van der Waals surface area (Å²) in [5, 5.41) is 0. The molecule has 2 aromatic rings. The van der Waals surface area contributed by atoms with Crippen LogP contribution in [0.3, 0.4) is 0 Å². The third kappa shape index (κ3) is 4.49. The minimum atomic E-state index is -0.925. The van der Waals surface area contributed by atoms with Crippen LogP contribution in [0.15, 0.2) is 42.6 Å². The van der Waals surface area contributed by atoms with Gasteiger partial charge in [0.1, 0.15) is 11.6 Å². The normalized spacial score (nSPS) is 23.2. The summed E-state index contributed by atoms with van der Waals surface area (Å²) in [5.41, 5.74) is 1.41. The zero-order valence-electron chi connectivity index (χ0n) is 19.5. The lowest BCUT2D eigenvalue weighted by Gasteiger charge is -2.50. The Kier molecular flexibility index (Phi) is 6.49. The van der Waals surface area contributed by atoms with Gasteiger partial charge in [-0.15, -0.1) is 0 Å². The number of anilines is 1. The van der Waals surface area contributed by atoms with Crippen molar-refractivity contribution in [1.29, 1.82) is 0 Å². The predicted octanol–water partition coefficient (Wildman–Crippen LogP) is 3.19. The highest BCUT2D eigenvalue weighted by Crippen LogP contribution is 2.45. The molecule has 2 fully saturated rings. The van der Waals surface area contributed by atoms with Gasteiger partial charge in [-0.25, -0.2) is 4.98 Å². The van der Waals surface area contributed by atoms with E-state index >= 15 is 0 Å². The second kappa shape index (κ2) is 9.33. The van der Waals surface area contributed by atoms with Crippen LogP contribution in [0, 0.1) is 18.3 Å². The molecular formula is C26H31N3O4. The Labute approximate surface area is 194 Å². The number of ether oxygens (including phenoxy) is 1. The largest absolute Gasteiger partial charge is 0.495 e. The van der Waals surface area contributed by atoms with Crippen LogP contribution in [0.2, 0.25) is 0 Å². The van der Waals surface area contributed by atoms with Gasteiger partial charge in [0.25, 0.3) is 0 Å². The zero-order valence-corrected chi connectivity index (χ0v) is 19.5. The molecular weight excluding hydrogens is 418 g/mol. The summed E-state index contributed by atoms with van der Waals surface area (Å²) in [4.78, 5) is 47.3. The van der Waals surface area contributed by atoms with Gasteiger partial charge in [-0.2, -0.15) is 0 Å². The summed E-state index contributed by atoms with van der Waals surface area (Å²) < 4.78 is 5.18. The van der Waals surface area contributed by atoms with E-state index in [1.165, 1.54) is 17.4 Å². The Morgan fingerprint density at radius 2 is 1.94 bits per heavy atom. The van der Waals surface area contributed by atoms with E-state index in [2.05, 4.69) is 29.2 Å². The van der Waals surface area contributed by atoms with E-state index < -0.39 is 11.3 Å². The summed E-state index contributed by atoms with van der Waals surface area (Å²) in [5.74, 6) is 0.449. The molecule has 4 rings (SSSR count). The van der Waals surface area contributed by atoms with Crippen molar-refractivity contribution in [2.45, 2.75) is 39.5 Å². The van der Waals surface area contributed by atoms with Crippen molar-refractivity contribution in [3.63, 3.8) is 0 Å². The second-order valence-corrected chi connectivity index (χ2v) is 9.19. The maximum Gasteiger partial charge on any atom is 0.237 e. The number of nitrogens with zero attached hydrogens (tertiary/aromatic N) is 3. The highest BCUT2D eigenvalue weighted by atomic mass is 16.5. The van der Waals surface area contributed by atoms with Crippen molar-refractivity contribution < 1.29 is 19.1 Å². The minimum Gasteiger partial charge on any atom is -0.495 e. The molecule has 1 spiro atoms. The topological polar surface area (TPSA) is 79.8 Å². The maximum absolute atomic E-state index is 14.0. The first-order valence-corrected chi connectivity index (χ1v) is 11.5. The molecule has 7 nitrogen and oxygen atoms in total. The van der Waals surface area contributed by atoms with Crippen molar-refractivity contribution in [1.82, 2.24) is 9.88 Å². The Hall–Kier alpha value is -3.22. The minimum absolute atomic E-state index is 0.00144. The van der Waals surface area contributed by atoms with Crippen molar-refractivity contribution in [3.05, 3.63) is 53.7 Å². The summed E-state index contributed by atoms with van der Waals surface area (Å²) in [6.45, 7) is 4.46. The Bertz CT molecular complexity index is 1030. The number of carbonyl (C=O) groups excluding carboxylic acids is 3. The molecule has 0 bridgehead atoms. The Morgan fingerprint density at radius 1 is 1.18 bits per heavy atom. The fraction of sp³-hybridized carbons (Fsp3) is 0.462. The van der Waals surface area contributed by atoms with Gasteiger partial charge in [0.05, 0.1) is 25.3 Å². The van der Waals surface area contributed by atoms with Crippen LogP contribution in [-0.4, -0.2) is 54.2 Å². The number of methoxy groups -OCH3 is 1. The van der Waals surface area contributed by atoms with Gasteiger partial charge in [-0.3, -0.25) is 19.3 Å². The summed E-state index contributed by atoms with van der Waals surface area (Å²) in [6, 6.07) is 11.7. The Morgan fingerprint density at radius 3 is 2.58 bits per heavy atom. The van der Waals surface area contributed by atoms with Gasteiger partial charge < -0.3 is 9.64 Å². The van der Waals surface area contributed by atoms with Gasteiger partial charge in [-0.05, 0) is 50.3 Å². The van der Waals surface area contributed by atoms with E-state index in [1.807, 2.05) is 6.92 Å². The number of hydrogen-bond acceptors (Lipinski definition) is 5. The molecule has 2 aliphatic heterocycles. The molecule has 0 radical (unpaired) electrons. The molecule has 2 atom stereocenters. The lowest BCUT2D eigenvalue weighted by atomic mass is 9.63. The van der Waals surface area contributed by atoms with Crippen LogP contribution in [0.5, 0.6) is 5.75 Å². The lowest BCUT2D eigenvalue weighted by molar-refractivity contribution is -0.152. The number of piperidine rings is 2.